The van der Waals surface area contributed by atoms with Gasteiger partial charge in [0.05, 0.1) is 11.6 Å². The van der Waals surface area contributed by atoms with E-state index >= 15 is 0 Å². The number of aliphatic imine (C=N–C) groups is 1. The molecule has 1 aliphatic rings. The molecular weight excluding hydrogens is 429 g/mol. The molecule has 0 saturated carbocycles. The van der Waals surface area contributed by atoms with Crippen molar-refractivity contribution in [1.29, 1.82) is 0 Å². The maximum absolute atomic E-state index is 12.7. The van der Waals surface area contributed by atoms with Gasteiger partial charge in [0.2, 0.25) is 0 Å². The molecule has 0 aromatic heterocycles. The Labute approximate surface area is 184 Å². The zero-order valence-corrected chi connectivity index (χ0v) is 17.5. The average Bonchev–Trinajstić information content (AvgIpc) is 3.18. The molecular formula is C23H20ClF3N2S. The van der Waals surface area contributed by atoms with Crippen LogP contribution in [0.25, 0.3) is 0 Å². The number of rotatable bonds is 4. The van der Waals surface area contributed by atoms with Crippen LogP contribution in [0.5, 0.6) is 0 Å². The highest BCUT2D eigenvalue weighted by atomic mass is 35.5. The van der Waals surface area contributed by atoms with Crippen molar-refractivity contribution >= 4 is 29.3 Å². The Kier molecular flexibility index (Phi) is 7.10. The Morgan fingerprint density at radius 3 is 1.93 bits per heavy atom. The molecule has 4 rings (SSSR count). The average molecular weight is 449 g/mol. The highest BCUT2D eigenvalue weighted by Gasteiger charge is 2.32. The van der Waals surface area contributed by atoms with Gasteiger partial charge in [-0.1, -0.05) is 84.6 Å². The first-order chi connectivity index (χ1) is 14.0. The lowest BCUT2D eigenvalue weighted by atomic mass is 9.95. The van der Waals surface area contributed by atoms with Crippen LogP contribution in [-0.4, -0.2) is 5.17 Å². The van der Waals surface area contributed by atoms with Gasteiger partial charge in [0.15, 0.2) is 5.17 Å². The standard InChI is InChI=1S/C23H19F3N2S.ClH/c24-23(25,26)19-13-11-16(12-14-19)15-29-22-27-20(17-7-3-1-4-8-17)21(28-22)18-9-5-2-6-10-18;/h1-14,20-21H,15H2,(H,27,28);1H. The van der Waals surface area contributed by atoms with E-state index in [0.29, 0.717) is 5.75 Å². The minimum atomic E-state index is -4.31. The first-order valence-electron chi connectivity index (χ1n) is 9.24. The van der Waals surface area contributed by atoms with E-state index in [-0.39, 0.29) is 24.5 Å². The molecule has 0 radical (unpaired) electrons. The van der Waals surface area contributed by atoms with Gasteiger partial charge in [-0.25, -0.2) is 0 Å². The molecule has 1 N–H and O–H groups in total. The summed E-state index contributed by atoms with van der Waals surface area (Å²) >= 11 is 1.50. The summed E-state index contributed by atoms with van der Waals surface area (Å²) in [6.07, 6.45) is -4.31. The highest BCUT2D eigenvalue weighted by molar-refractivity contribution is 8.13. The van der Waals surface area contributed by atoms with Gasteiger partial charge in [-0.05, 0) is 28.8 Å². The molecule has 0 spiro atoms. The van der Waals surface area contributed by atoms with Crippen molar-refractivity contribution in [2.45, 2.75) is 24.0 Å². The number of alkyl halides is 3. The van der Waals surface area contributed by atoms with Gasteiger partial charge in [0.25, 0.3) is 0 Å². The zero-order valence-electron chi connectivity index (χ0n) is 15.8. The molecule has 3 aromatic carbocycles. The summed E-state index contributed by atoms with van der Waals surface area (Å²) in [6.45, 7) is 0. The third kappa shape index (κ3) is 5.18. The van der Waals surface area contributed by atoms with E-state index in [1.807, 2.05) is 36.4 Å². The molecule has 7 heteroatoms. The molecule has 0 aliphatic carbocycles. The van der Waals surface area contributed by atoms with E-state index in [2.05, 4.69) is 29.6 Å². The van der Waals surface area contributed by atoms with Crippen molar-refractivity contribution in [2.24, 2.45) is 4.99 Å². The van der Waals surface area contributed by atoms with Crippen LogP contribution in [0.3, 0.4) is 0 Å². The molecule has 30 heavy (non-hydrogen) atoms. The van der Waals surface area contributed by atoms with E-state index in [4.69, 9.17) is 4.99 Å². The minimum absolute atomic E-state index is 0. The number of amidine groups is 1. The first kappa shape index (κ1) is 22.2. The van der Waals surface area contributed by atoms with E-state index < -0.39 is 11.7 Å². The van der Waals surface area contributed by atoms with E-state index in [1.54, 1.807) is 0 Å². The van der Waals surface area contributed by atoms with Crippen LogP contribution in [-0.2, 0) is 11.9 Å². The molecule has 3 aromatic rings. The molecule has 0 bridgehead atoms. The second-order valence-electron chi connectivity index (χ2n) is 6.81. The van der Waals surface area contributed by atoms with Crippen LogP contribution in [0, 0.1) is 0 Å². The lowest BCUT2D eigenvalue weighted by Crippen LogP contribution is -2.22. The van der Waals surface area contributed by atoms with Crippen molar-refractivity contribution in [2.75, 3.05) is 0 Å². The van der Waals surface area contributed by atoms with E-state index in [1.165, 1.54) is 23.9 Å². The Balaban J connectivity index is 0.00000256. The van der Waals surface area contributed by atoms with Crippen LogP contribution in [0.1, 0.15) is 34.3 Å². The van der Waals surface area contributed by atoms with Gasteiger partial charge in [-0.2, -0.15) is 13.2 Å². The van der Waals surface area contributed by atoms with Crippen molar-refractivity contribution < 1.29 is 13.2 Å². The molecule has 0 amide bonds. The number of hydrogen-bond acceptors (Lipinski definition) is 3. The van der Waals surface area contributed by atoms with Gasteiger partial charge in [-0.3, -0.25) is 4.99 Å². The largest absolute Gasteiger partial charge is 0.416 e. The van der Waals surface area contributed by atoms with Crippen LogP contribution in [0.15, 0.2) is 89.9 Å². The Morgan fingerprint density at radius 2 is 1.37 bits per heavy atom. The Morgan fingerprint density at radius 1 is 0.800 bits per heavy atom. The quantitative estimate of drug-likeness (QED) is 0.474. The zero-order chi connectivity index (χ0) is 20.3. The van der Waals surface area contributed by atoms with Crippen LogP contribution >= 0.6 is 24.2 Å². The molecule has 2 atom stereocenters. The fraction of sp³-hybridized carbons (Fsp3) is 0.174. The summed E-state index contributed by atoms with van der Waals surface area (Å²) in [4.78, 5) is 4.88. The normalized spacial score (nSPS) is 18.3. The number of nitrogens with one attached hydrogen (secondary N) is 1. The summed E-state index contributed by atoms with van der Waals surface area (Å²) in [5, 5.41) is 4.29. The Hall–Kier alpha value is -2.44. The number of nitrogens with zero attached hydrogens (tertiary/aromatic N) is 1. The van der Waals surface area contributed by atoms with Crippen LogP contribution < -0.4 is 5.32 Å². The van der Waals surface area contributed by atoms with E-state index in [0.717, 1.165) is 34.0 Å². The molecule has 2 unspecified atom stereocenters. The number of benzene rings is 3. The van der Waals surface area contributed by atoms with Crippen molar-refractivity contribution in [3.8, 4) is 0 Å². The predicted octanol–water partition coefficient (Wildman–Crippen LogP) is 6.80. The number of halogens is 4. The van der Waals surface area contributed by atoms with Crippen LogP contribution in [0.4, 0.5) is 13.2 Å². The smallest absolute Gasteiger partial charge is 0.356 e. The Bertz CT molecular complexity index is 977. The topological polar surface area (TPSA) is 24.4 Å². The lowest BCUT2D eigenvalue weighted by molar-refractivity contribution is -0.137. The van der Waals surface area contributed by atoms with Gasteiger partial charge < -0.3 is 5.32 Å². The molecule has 0 fully saturated rings. The molecule has 0 saturated heterocycles. The maximum atomic E-state index is 12.7. The summed E-state index contributed by atoms with van der Waals surface area (Å²) in [7, 11) is 0. The highest BCUT2D eigenvalue weighted by Crippen LogP contribution is 2.38. The lowest BCUT2D eigenvalue weighted by Gasteiger charge is -2.19. The summed E-state index contributed by atoms with van der Waals surface area (Å²) in [5.41, 5.74) is 2.47. The van der Waals surface area contributed by atoms with Crippen molar-refractivity contribution in [1.82, 2.24) is 5.32 Å². The first-order valence-corrected chi connectivity index (χ1v) is 10.2. The summed E-state index contributed by atoms with van der Waals surface area (Å²) < 4.78 is 38.2. The number of thioether (sulfide) groups is 1. The minimum Gasteiger partial charge on any atom is -0.356 e. The summed E-state index contributed by atoms with van der Waals surface area (Å²) in [6, 6.07) is 25.5. The fourth-order valence-electron chi connectivity index (χ4n) is 3.31. The van der Waals surface area contributed by atoms with Gasteiger partial charge >= 0.3 is 6.18 Å². The second kappa shape index (κ2) is 9.58. The molecule has 2 nitrogen and oxygen atoms in total. The molecule has 1 heterocycles. The molecule has 156 valence electrons. The third-order valence-corrected chi connectivity index (χ3v) is 5.78. The fourth-order valence-corrected chi connectivity index (χ4v) is 4.21. The monoisotopic (exact) mass is 448 g/mol. The van der Waals surface area contributed by atoms with Crippen molar-refractivity contribution in [3.63, 3.8) is 0 Å². The SMILES string of the molecule is Cl.FC(F)(F)c1ccc(CSC2=NC(c3ccccc3)C(c3ccccc3)N2)cc1. The number of hydrogen-bond donors (Lipinski definition) is 1. The van der Waals surface area contributed by atoms with Gasteiger partial charge in [0.1, 0.15) is 6.04 Å². The van der Waals surface area contributed by atoms with Crippen LogP contribution in [0.2, 0.25) is 0 Å². The van der Waals surface area contributed by atoms with Crippen molar-refractivity contribution in [3.05, 3.63) is 107 Å². The van der Waals surface area contributed by atoms with Gasteiger partial charge in [0, 0.05) is 5.75 Å². The maximum Gasteiger partial charge on any atom is 0.416 e. The molecule has 1 aliphatic heterocycles. The second-order valence-corrected chi connectivity index (χ2v) is 7.77. The predicted molar refractivity (Wildman–Crippen MR) is 119 cm³/mol. The summed E-state index contributed by atoms with van der Waals surface area (Å²) in [5.74, 6) is 0.549. The third-order valence-electron chi connectivity index (χ3n) is 4.81. The van der Waals surface area contributed by atoms with Gasteiger partial charge in [-0.15, -0.1) is 12.4 Å². The van der Waals surface area contributed by atoms with E-state index in [9.17, 15) is 13.2 Å².